The molecule has 0 spiro atoms. The quantitative estimate of drug-likeness (QED) is 0.274. The monoisotopic (exact) mass is 264 g/mol. The Balaban J connectivity index is 2.32. The molecule has 2 aromatic carbocycles. The normalized spacial score (nSPS) is 10.5. The summed E-state index contributed by atoms with van der Waals surface area (Å²) in [5.74, 6) is 0.106. The number of hydrogen-bond donors (Lipinski definition) is 0. The van der Waals surface area contributed by atoms with Gasteiger partial charge in [0.1, 0.15) is 5.75 Å². The van der Waals surface area contributed by atoms with E-state index in [0.29, 0.717) is 5.75 Å². The number of carbonyl (C=O) groups excluding carboxylic acids is 1. The number of para-hydroxylation sites is 1. The second-order valence-corrected chi connectivity index (χ2v) is 3.94. The molecule has 4 heteroatoms. The molecule has 0 atom stereocenters. The van der Waals surface area contributed by atoms with Crippen LogP contribution in [0.3, 0.4) is 0 Å². The first-order chi connectivity index (χ1) is 9.79. The van der Waals surface area contributed by atoms with Gasteiger partial charge < -0.3 is 10.3 Å². The summed E-state index contributed by atoms with van der Waals surface area (Å²) in [7, 11) is 0. The molecule has 0 N–H and O–H groups in total. The average Bonchev–Trinajstić information content (AvgIpc) is 2.49. The minimum Gasteiger partial charge on any atom is -0.453 e. The highest BCUT2D eigenvalue weighted by Crippen LogP contribution is 2.15. The Hall–Kier alpha value is -2.97. The van der Waals surface area contributed by atoms with Crippen molar-refractivity contribution in [2.75, 3.05) is 0 Å². The molecule has 0 radical (unpaired) electrons. The molecular weight excluding hydrogens is 252 g/mol. The van der Waals surface area contributed by atoms with E-state index in [-0.39, 0.29) is 5.76 Å². The molecule has 0 bridgehead atoms. The molecule has 98 valence electrons. The lowest BCUT2D eigenvalue weighted by molar-refractivity contribution is -0.114. The molecule has 0 aliphatic carbocycles. The summed E-state index contributed by atoms with van der Waals surface area (Å²) in [5, 5.41) is 0. The van der Waals surface area contributed by atoms with Gasteiger partial charge in [0.05, 0.1) is 0 Å². The van der Waals surface area contributed by atoms with Crippen LogP contribution in [0.15, 0.2) is 66.4 Å². The molecule has 0 saturated carbocycles. The van der Waals surface area contributed by atoms with Crippen LogP contribution in [0.25, 0.3) is 11.6 Å². The lowest BCUT2D eigenvalue weighted by Gasteiger charge is -2.06. The van der Waals surface area contributed by atoms with Crippen LogP contribution in [-0.2, 0) is 4.79 Å². The molecule has 0 aliphatic rings. The van der Waals surface area contributed by atoms with Crippen LogP contribution in [-0.4, -0.2) is 16.8 Å². The van der Waals surface area contributed by atoms with Crippen molar-refractivity contribution >= 4 is 18.1 Å². The third-order valence-electron chi connectivity index (χ3n) is 2.49. The number of nitrogens with zero attached hydrogens (tertiary/aromatic N) is 2. The summed E-state index contributed by atoms with van der Waals surface area (Å²) in [6.07, 6.45) is 2.40. The van der Waals surface area contributed by atoms with Crippen molar-refractivity contribution < 1.29 is 14.3 Å². The molecule has 0 unspecified atom stereocenters. The molecule has 4 nitrogen and oxygen atoms in total. The fraction of sp³-hybridized carbons (Fsp3) is 0. The van der Waals surface area contributed by atoms with Crippen molar-refractivity contribution in [2.45, 2.75) is 0 Å². The average molecular weight is 264 g/mol. The van der Waals surface area contributed by atoms with Gasteiger partial charge in [0.2, 0.25) is 0 Å². The zero-order valence-electron chi connectivity index (χ0n) is 10.6. The molecule has 0 aromatic heterocycles. The third kappa shape index (κ3) is 3.77. The van der Waals surface area contributed by atoms with Gasteiger partial charge in [-0.1, -0.05) is 48.5 Å². The number of rotatable bonds is 5. The van der Waals surface area contributed by atoms with Crippen molar-refractivity contribution in [3.8, 4) is 5.75 Å². The SMILES string of the molecule is [N-]=[N+]=CC(=O)/C(=C/c1ccccc1)Oc1ccccc1. The Morgan fingerprint density at radius 2 is 1.60 bits per heavy atom. The number of Topliss-reactive ketones (excluding diaryl/α,β-unsaturated/α-hetero) is 1. The molecule has 0 aliphatic heterocycles. The van der Waals surface area contributed by atoms with Gasteiger partial charge in [0.25, 0.3) is 0 Å². The Morgan fingerprint density at radius 3 is 2.20 bits per heavy atom. The Kier molecular flexibility index (Phi) is 4.60. The lowest BCUT2D eigenvalue weighted by atomic mass is 10.2. The van der Waals surface area contributed by atoms with E-state index in [1.54, 1.807) is 30.3 Å². The highest BCUT2D eigenvalue weighted by Gasteiger charge is 2.14. The third-order valence-corrected chi connectivity index (χ3v) is 2.49. The van der Waals surface area contributed by atoms with Crippen LogP contribution in [0.1, 0.15) is 5.56 Å². The fourth-order valence-corrected chi connectivity index (χ4v) is 1.58. The van der Waals surface area contributed by atoms with E-state index < -0.39 is 5.78 Å². The largest absolute Gasteiger partial charge is 0.453 e. The van der Waals surface area contributed by atoms with Crippen LogP contribution in [0.4, 0.5) is 0 Å². The van der Waals surface area contributed by atoms with Crippen molar-refractivity contribution in [1.82, 2.24) is 0 Å². The topological polar surface area (TPSA) is 62.7 Å². The number of allylic oxidation sites excluding steroid dienone is 1. The maximum Gasteiger partial charge on any atom is 0.331 e. The van der Waals surface area contributed by atoms with Gasteiger partial charge in [0, 0.05) is 0 Å². The van der Waals surface area contributed by atoms with Crippen molar-refractivity contribution in [3.05, 3.63) is 77.5 Å². The van der Waals surface area contributed by atoms with E-state index >= 15 is 0 Å². The number of benzene rings is 2. The van der Waals surface area contributed by atoms with Gasteiger partial charge in [0.15, 0.2) is 5.76 Å². The Labute approximate surface area is 116 Å². The molecule has 20 heavy (non-hydrogen) atoms. The Morgan fingerprint density at radius 1 is 1.00 bits per heavy atom. The number of ketones is 1. The molecule has 0 amide bonds. The smallest absolute Gasteiger partial charge is 0.331 e. The van der Waals surface area contributed by atoms with Gasteiger partial charge in [-0.25, -0.2) is 0 Å². The zero-order valence-corrected chi connectivity index (χ0v) is 10.6. The molecule has 2 aromatic rings. The summed E-state index contributed by atoms with van der Waals surface area (Å²) < 4.78 is 5.54. The lowest BCUT2D eigenvalue weighted by Crippen LogP contribution is -2.10. The van der Waals surface area contributed by atoms with Crippen molar-refractivity contribution in [1.29, 1.82) is 0 Å². The van der Waals surface area contributed by atoms with E-state index in [2.05, 4.69) is 4.79 Å². The van der Waals surface area contributed by atoms with Crippen molar-refractivity contribution in [2.24, 2.45) is 0 Å². The molecule has 0 saturated heterocycles. The predicted octanol–water partition coefficient (Wildman–Crippen LogP) is 2.98. The summed E-state index contributed by atoms with van der Waals surface area (Å²) in [4.78, 5) is 14.6. The minimum atomic E-state index is -0.514. The van der Waals surface area contributed by atoms with Crippen LogP contribution in [0.2, 0.25) is 0 Å². The minimum absolute atomic E-state index is 0.0835. The van der Waals surface area contributed by atoms with E-state index in [1.165, 1.54) is 0 Å². The summed E-state index contributed by atoms with van der Waals surface area (Å²) in [6.45, 7) is 0. The van der Waals surface area contributed by atoms with Gasteiger partial charge in [-0.3, -0.25) is 4.79 Å². The van der Waals surface area contributed by atoms with E-state index in [1.807, 2.05) is 36.4 Å². The Bertz CT molecular complexity index is 657. The van der Waals surface area contributed by atoms with Gasteiger partial charge in [-0.2, -0.15) is 4.79 Å². The summed E-state index contributed by atoms with van der Waals surface area (Å²) >= 11 is 0. The second kappa shape index (κ2) is 6.83. The standard InChI is InChI=1S/C16H12N2O2/c17-18-12-15(19)16(11-13-7-3-1-4-8-13)20-14-9-5-2-6-10-14/h1-12H/b16-11-. The van der Waals surface area contributed by atoms with E-state index in [9.17, 15) is 4.79 Å². The predicted molar refractivity (Wildman–Crippen MR) is 76.2 cm³/mol. The first-order valence-corrected chi connectivity index (χ1v) is 6.01. The second-order valence-electron chi connectivity index (χ2n) is 3.94. The van der Waals surface area contributed by atoms with Gasteiger partial charge >= 0.3 is 12.0 Å². The van der Waals surface area contributed by atoms with E-state index in [0.717, 1.165) is 11.8 Å². The summed E-state index contributed by atoms with van der Waals surface area (Å²) in [5.41, 5.74) is 9.30. The zero-order chi connectivity index (χ0) is 14.2. The van der Waals surface area contributed by atoms with Crippen LogP contribution in [0.5, 0.6) is 5.75 Å². The molecule has 0 heterocycles. The van der Waals surface area contributed by atoms with Crippen LogP contribution < -0.4 is 4.74 Å². The molecular formula is C16H12N2O2. The first kappa shape index (κ1) is 13.5. The fourth-order valence-electron chi connectivity index (χ4n) is 1.58. The molecule has 0 fully saturated rings. The summed E-state index contributed by atoms with van der Waals surface area (Å²) in [6, 6.07) is 18.2. The highest BCUT2D eigenvalue weighted by molar-refractivity contribution is 6.33. The van der Waals surface area contributed by atoms with Crippen molar-refractivity contribution in [3.63, 3.8) is 0 Å². The van der Waals surface area contributed by atoms with Gasteiger partial charge in [-0.15, -0.1) is 0 Å². The molecule has 2 rings (SSSR count). The maximum atomic E-state index is 11.8. The number of carbonyl (C=O) groups is 1. The number of hydrogen-bond acceptors (Lipinski definition) is 2. The maximum absolute atomic E-state index is 11.8. The van der Waals surface area contributed by atoms with Crippen LogP contribution in [0, 0.1) is 0 Å². The number of ether oxygens (including phenoxy) is 1. The van der Waals surface area contributed by atoms with E-state index in [4.69, 9.17) is 10.3 Å². The van der Waals surface area contributed by atoms with Crippen LogP contribution >= 0.6 is 0 Å². The highest BCUT2D eigenvalue weighted by atomic mass is 16.5. The van der Waals surface area contributed by atoms with Gasteiger partial charge in [-0.05, 0) is 23.8 Å². The first-order valence-electron chi connectivity index (χ1n) is 6.01.